The highest BCUT2D eigenvalue weighted by Gasteiger charge is 2.33. The smallest absolute Gasteiger partial charge is 0.410 e. The van der Waals surface area contributed by atoms with Gasteiger partial charge >= 0.3 is 6.09 Å². The number of piperazine rings is 1. The Kier molecular flexibility index (Phi) is 5.77. The predicted molar refractivity (Wildman–Crippen MR) is 122 cm³/mol. The molecule has 2 heterocycles. The second kappa shape index (κ2) is 8.36. The van der Waals surface area contributed by atoms with Crippen molar-refractivity contribution in [2.45, 2.75) is 64.5 Å². The summed E-state index contributed by atoms with van der Waals surface area (Å²) in [6.07, 6.45) is 2.64. The van der Waals surface area contributed by atoms with E-state index in [0.29, 0.717) is 31.5 Å². The SMILES string of the molecule is CC1CN(c2nc(N)nc3c2CCC(c2ccccc2)C3)CCN1C(=O)OC(C)(C)C. The minimum absolute atomic E-state index is 0.0242. The van der Waals surface area contributed by atoms with Crippen molar-refractivity contribution >= 4 is 17.9 Å². The molecule has 2 aromatic rings. The molecule has 166 valence electrons. The van der Waals surface area contributed by atoms with Crippen LogP contribution in [0.2, 0.25) is 0 Å². The largest absolute Gasteiger partial charge is 0.444 e. The fraction of sp³-hybridized carbons (Fsp3) is 0.542. The molecule has 1 amide bonds. The number of carbonyl (C=O) groups is 1. The first-order valence-electron chi connectivity index (χ1n) is 11.2. The van der Waals surface area contributed by atoms with Gasteiger partial charge in [0, 0.05) is 31.2 Å². The third kappa shape index (κ3) is 4.75. The number of anilines is 2. The number of hydrogen-bond donors (Lipinski definition) is 1. The minimum Gasteiger partial charge on any atom is -0.444 e. The molecule has 31 heavy (non-hydrogen) atoms. The first-order chi connectivity index (χ1) is 14.7. The number of nitrogens with two attached hydrogens (primary N) is 1. The summed E-state index contributed by atoms with van der Waals surface area (Å²) in [6, 6.07) is 10.6. The van der Waals surface area contributed by atoms with Gasteiger partial charge in [0.2, 0.25) is 5.95 Å². The fourth-order valence-electron chi connectivity index (χ4n) is 4.63. The number of benzene rings is 1. The van der Waals surface area contributed by atoms with Gasteiger partial charge in [-0.2, -0.15) is 4.98 Å². The van der Waals surface area contributed by atoms with Crippen molar-refractivity contribution in [2.75, 3.05) is 30.3 Å². The lowest BCUT2D eigenvalue weighted by atomic mass is 9.82. The van der Waals surface area contributed by atoms with Crippen molar-refractivity contribution in [1.82, 2.24) is 14.9 Å². The fourth-order valence-corrected chi connectivity index (χ4v) is 4.63. The highest BCUT2D eigenvalue weighted by atomic mass is 16.6. The van der Waals surface area contributed by atoms with Crippen molar-refractivity contribution in [3.8, 4) is 0 Å². The van der Waals surface area contributed by atoms with Gasteiger partial charge in [0.1, 0.15) is 11.4 Å². The lowest BCUT2D eigenvalue weighted by Crippen LogP contribution is -2.55. The number of hydrogen-bond acceptors (Lipinski definition) is 6. The van der Waals surface area contributed by atoms with Gasteiger partial charge in [-0.3, -0.25) is 0 Å². The molecule has 1 saturated heterocycles. The minimum atomic E-state index is -0.497. The Labute approximate surface area is 184 Å². The van der Waals surface area contributed by atoms with E-state index in [2.05, 4.69) is 52.1 Å². The zero-order valence-corrected chi connectivity index (χ0v) is 19.0. The first-order valence-corrected chi connectivity index (χ1v) is 11.2. The Bertz CT molecular complexity index is 941. The van der Waals surface area contributed by atoms with Crippen molar-refractivity contribution in [1.29, 1.82) is 0 Å². The molecule has 0 spiro atoms. The zero-order valence-electron chi connectivity index (χ0n) is 19.0. The molecule has 1 aliphatic carbocycles. The quantitative estimate of drug-likeness (QED) is 0.791. The average molecular weight is 424 g/mol. The van der Waals surface area contributed by atoms with Crippen LogP contribution in [0.5, 0.6) is 0 Å². The highest BCUT2D eigenvalue weighted by molar-refractivity contribution is 5.69. The van der Waals surface area contributed by atoms with Crippen LogP contribution in [0.1, 0.15) is 56.9 Å². The Balaban J connectivity index is 1.52. The topological polar surface area (TPSA) is 84.6 Å². The second-order valence-corrected chi connectivity index (χ2v) is 9.65. The van der Waals surface area contributed by atoms with Gasteiger partial charge in [0.15, 0.2) is 0 Å². The van der Waals surface area contributed by atoms with Gasteiger partial charge in [-0.15, -0.1) is 0 Å². The van der Waals surface area contributed by atoms with Gasteiger partial charge in [-0.1, -0.05) is 30.3 Å². The molecule has 2 atom stereocenters. The molecule has 2 N–H and O–H groups in total. The van der Waals surface area contributed by atoms with E-state index < -0.39 is 5.60 Å². The Morgan fingerprint density at radius 3 is 2.58 bits per heavy atom. The van der Waals surface area contributed by atoms with E-state index in [1.165, 1.54) is 11.1 Å². The lowest BCUT2D eigenvalue weighted by Gasteiger charge is -2.41. The summed E-state index contributed by atoms with van der Waals surface area (Å²) in [6.45, 7) is 9.73. The van der Waals surface area contributed by atoms with E-state index in [9.17, 15) is 4.79 Å². The van der Waals surface area contributed by atoms with Crippen molar-refractivity contribution in [2.24, 2.45) is 0 Å². The second-order valence-electron chi connectivity index (χ2n) is 9.65. The van der Waals surface area contributed by atoms with Crippen molar-refractivity contribution in [3.05, 3.63) is 47.2 Å². The molecule has 2 unspecified atom stereocenters. The first kappa shape index (κ1) is 21.4. The molecule has 1 aromatic carbocycles. The highest BCUT2D eigenvalue weighted by Crippen LogP contribution is 2.36. The number of rotatable bonds is 2. The van der Waals surface area contributed by atoms with Crippen LogP contribution >= 0.6 is 0 Å². The van der Waals surface area contributed by atoms with Gasteiger partial charge in [-0.25, -0.2) is 9.78 Å². The molecule has 4 rings (SSSR count). The number of carbonyl (C=O) groups excluding carboxylic acids is 1. The molecule has 7 nitrogen and oxygen atoms in total. The molecule has 1 aliphatic heterocycles. The Hall–Kier alpha value is -2.83. The maximum atomic E-state index is 12.6. The van der Waals surface area contributed by atoms with Gasteiger partial charge < -0.3 is 20.3 Å². The summed E-state index contributed by atoms with van der Waals surface area (Å²) in [5.41, 5.74) is 9.24. The maximum absolute atomic E-state index is 12.6. The maximum Gasteiger partial charge on any atom is 0.410 e. The summed E-state index contributed by atoms with van der Waals surface area (Å²) in [7, 11) is 0. The molecule has 0 radical (unpaired) electrons. The Morgan fingerprint density at radius 1 is 1.16 bits per heavy atom. The molecule has 1 aromatic heterocycles. The standard InChI is InChI=1S/C24H33N5O2/c1-16-15-28(12-13-29(16)23(30)31-24(2,3)4)21-19-11-10-18(17-8-6-5-7-9-17)14-20(19)26-22(25)27-21/h5-9,16,18H,10-15H2,1-4H3,(H2,25,26,27). The molecule has 2 aliphatic rings. The van der Waals surface area contributed by atoms with Gasteiger partial charge in [0.25, 0.3) is 0 Å². The van der Waals surface area contributed by atoms with Crippen molar-refractivity contribution in [3.63, 3.8) is 0 Å². The van der Waals surface area contributed by atoms with Crippen LogP contribution in [-0.4, -0.2) is 52.2 Å². The molecule has 0 saturated carbocycles. The summed E-state index contributed by atoms with van der Waals surface area (Å²) in [5, 5.41) is 0. The van der Waals surface area contributed by atoms with Crippen molar-refractivity contribution < 1.29 is 9.53 Å². The van der Waals surface area contributed by atoms with E-state index in [1.54, 1.807) is 0 Å². The predicted octanol–water partition coefficient (Wildman–Crippen LogP) is 3.78. The Morgan fingerprint density at radius 2 is 1.90 bits per heavy atom. The molecular formula is C24H33N5O2. The zero-order chi connectivity index (χ0) is 22.2. The summed E-state index contributed by atoms with van der Waals surface area (Å²) in [4.78, 5) is 25.9. The third-order valence-electron chi connectivity index (χ3n) is 6.10. The van der Waals surface area contributed by atoms with Crippen LogP contribution in [-0.2, 0) is 17.6 Å². The summed E-state index contributed by atoms with van der Waals surface area (Å²) >= 11 is 0. The number of nitrogens with zero attached hydrogens (tertiary/aromatic N) is 4. The van der Waals surface area contributed by atoms with E-state index in [-0.39, 0.29) is 12.1 Å². The number of aromatic nitrogens is 2. The average Bonchev–Trinajstić information content (AvgIpc) is 2.72. The van der Waals surface area contributed by atoms with Crippen LogP contribution in [0.25, 0.3) is 0 Å². The van der Waals surface area contributed by atoms with Crippen LogP contribution in [0, 0.1) is 0 Å². The molecule has 7 heteroatoms. The third-order valence-corrected chi connectivity index (χ3v) is 6.10. The number of ether oxygens (including phenoxy) is 1. The molecular weight excluding hydrogens is 390 g/mol. The molecule has 0 bridgehead atoms. The van der Waals surface area contributed by atoms with E-state index in [0.717, 1.165) is 30.8 Å². The monoisotopic (exact) mass is 423 g/mol. The normalized spacial score (nSPS) is 21.5. The van der Waals surface area contributed by atoms with Crippen LogP contribution in [0.15, 0.2) is 30.3 Å². The number of amides is 1. The molecule has 1 fully saturated rings. The number of fused-ring (bicyclic) bond motifs is 1. The van der Waals surface area contributed by atoms with Gasteiger partial charge in [0.05, 0.1) is 5.69 Å². The summed E-state index contributed by atoms with van der Waals surface area (Å²) < 4.78 is 5.57. The van der Waals surface area contributed by atoms with Gasteiger partial charge in [-0.05, 0) is 58.4 Å². The van der Waals surface area contributed by atoms with E-state index in [4.69, 9.17) is 10.5 Å². The van der Waals surface area contributed by atoms with Crippen LogP contribution in [0.3, 0.4) is 0 Å². The van der Waals surface area contributed by atoms with E-state index >= 15 is 0 Å². The van der Waals surface area contributed by atoms with E-state index in [1.807, 2.05) is 25.7 Å². The summed E-state index contributed by atoms with van der Waals surface area (Å²) in [5.74, 6) is 1.72. The van der Waals surface area contributed by atoms with Crippen LogP contribution in [0.4, 0.5) is 16.6 Å². The van der Waals surface area contributed by atoms with Crippen LogP contribution < -0.4 is 10.6 Å². The number of nitrogen functional groups attached to an aromatic ring is 1. The lowest BCUT2D eigenvalue weighted by molar-refractivity contribution is 0.0158.